The average molecular weight is 364 g/mol. The molecule has 1 atom stereocenters. The molecule has 3 rings (SSSR count). The van der Waals surface area contributed by atoms with Gasteiger partial charge in [-0.25, -0.2) is 0 Å². The standard InChI is InChI=1S/C23H28N2O2/c1-23(2,3)25-15-19(26)16-27-22-10-5-4-7-18(22)12-11-17-8-6-9-21-20(17)13-14-24-21/h4-14,19,24-26H,15-16H2,1-3H3/b12-11+. The van der Waals surface area contributed by atoms with Crippen LogP contribution in [0.15, 0.2) is 54.7 Å². The molecule has 0 fully saturated rings. The second-order valence-corrected chi connectivity index (χ2v) is 7.75. The number of benzene rings is 2. The minimum absolute atomic E-state index is 0.0269. The average Bonchev–Trinajstić information content (AvgIpc) is 3.12. The first kappa shape index (κ1) is 19.2. The maximum atomic E-state index is 10.2. The molecule has 3 N–H and O–H groups in total. The van der Waals surface area contributed by atoms with Gasteiger partial charge in [0.25, 0.3) is 0 Å². The lowest BCUT2D eigenvalue weighted by Gasteiger charge is -2.23. The van der Waals surface area contributed by atoms with Crippen molar-refractivity contribution in [2.75, 3.05) is 13.2 Å². The molecule has 0 radical (unpaired) electrons. The highest BCUT2D eigenvalue weighted by molar-refractivity contribution is 5.91. The summed E-state index contributed by atoms with van der Waals surface area (Å²) in [5.41, 5.74) is 3.23. The van der Waals surface area contributed by atoms with Crippen molar-refractivity contribution >= 4 is 23.1 Å². The largest absolute Gasteiger partial charge is 0.490 e. The summed E-state index contributed by atoms with van der Waals surface area (Å²) in [5.74, 6) is 0.768. The molecule has 3 aromatic rings. The summed E-state index contributed by atoms with van der Waals surface area (Å²) in [6.07, 6.45) is 5.54. The first-order valence-electron chi connectivity index (χ1n) is 9.31. The molecular formula is C23H28N2O2. The van der Waals surface area contributed by atoms with Gasteiger partial charge in [0, 0.05) is 34.7 Å². The Morgan fingerprint density at radius 2 is 1.78 bits per heavy atom. The number of aromatic amines is 1. The molecule has 0 bridgehead atoms. The molecule has 4 heteroatoms. The van der Waals surface area contributed by atoms with Crippen LogP contribution < -0.4 is 10.1 Å². The van der Waals surface area contributed by atoms with Crippen LogP contribution in [-0.2, 0) is 0 Å². The molecule has 142 valence electrons. The number of rotatable bonds is 7. The number of fused-ring (bicyclic) bond motifs is 1. The second kappa shape index (κ2) is 8.42. The number of aliphatic hydroxyl groups is 1. The molecule has 2 aromatic carbocycles. The monoisotopic (exact) mass is 364 g/mol. The molecule has 1 aromatic heterocycles. The topological polar surface area (TPSA) is 57.3 Å². The highest BCUT2D eigenvalue weighted by Crippen LogP contribution is 2.23. The van der Waals surface area contributed by atoms with Crippen LogP contribution in [0.2, 0.25) is 0 Å². The lowest BCUT2D eigenvalue weighted by atomic mass is 10.1. The predicted octanol–water partition coefficient (Wildman–Crippen LogP) is 4.47. The number of hydrogen-bond donors (Lipinski definition) is 3. The van der Waals surface area contributed by atoms with Crippen LogP contribution in [0, 0.1) is 0 Å². The predicted molar refractivity (Wildman–Crippen MR) is 113 cm³/mol. The SMILES string of the molecule is CC(C)(C)NCC(O)COc1ccccc1/C=C/c1cccc2[nH]ccc12. The van der Waals surface area contributed by atoms with Gasteiger partial charge >= 0.3 is 0 Å². The van der Waals surface area contributed by atoms with Crippen molar-refractivity contribution < 1.29 is 9.84 Å². The van der Waals surface area contributed by atoms with E-state index in [9.17, 15) is 5.11 Å². The van der Waals surface area contributed by atoms with Gasteiger partial charge in [0.05, 0.1) is 0 Å². The van der Waals surface area contributed by atoms with Gasteiger partial charge in [0.2, 0.25) is 0 Å². The molecule has 1 unspecified atom stereocenters. The Balaban J connectivity index is 1.68. The molecule has 27 heavy (non-hydrogen) atoms. The van der Waals surface area contributed by atoms with E-state index >= 15 is 0 Å². The summed E-state index contributed by atoms with van der Waals surface area (Å²) in [4.78, 5) is 3.23. The van der Waals surface area contributed by atoms with Crippen LogP contribution >= 0.6 is 0 Å². The van der Waals surface area contributed by atoms with E-state index in [1.165, 1.54) is 5.39 Å². The maximum absolute atomic E-state index is 10.2. The normalized spacial score (nSPS) is 13.3. The Bertz CT molecular complexity index is 906. The van der Waals surface area contributed by atoms with E-state index in [0.29, 0.717) is 6.54 Å². The fraction of sp³-hybridized carbons (Fsp3) is 0.304. The molecule has 0 aliphatic carbocycles. The fourth-order valence-electron chi connectivity index (χ4n) is 2.85. The number of aromatic nitrogens is 1. The van der Waals surface area contributed by atoms with Crippen molar-refractivity contribution in [1.82, 2.24) is 10.3 Å². The van der Waals surface area contributed by atoms with Crippen molar-refractivity contribution in [3.8, 4) is 5.75 Å². The first-order valence-corrected chi connectivity index (χ1v) is 9.31. The smallest absolute Gasteiger partial charge is 0.126 e. The van der Waals surface area contributed by atoms with Crippen molar-refractivity contribution in [1.29, 1.82) is 0 Å². The van der Waals surface area contributed by atoms with Gasteiger partial charge in [-0.1, -0.05) is 42.5 Å². The zero-order valence-electron chi connectivity index (χ0n) is 16.2. The van der Waals surface area contributed by atoms with Gasteiger partial charge < -0.3 is 20.1 Å². The zero-order valence-corrected chi connectivity index (χ0v) is 16.2. The van der Waals surface area contributed by atoms with Gasteiger partial charge in [0.1, 0.15) is 18.5 Å². The molecule has 1 heterocycles. The molecule has 0 aliphatic rings. The molecule has 0 saturated heterocycles. The van der Waals surface area contributed by atoms with Gasteiger partial charge in [-0.05, 0) is 44.5 Å². The van der Waals surface area contributed by atoms with E-state index in [2.05, 4.69) is 61.4 Å². The number of H-pyrrole nitrogens is 1. The maximum Gasteiger partial charge on any atom is 0.126 e. The molecular weight excluding hydrogens is 336 g/mol. The van der Waals surface area contributed by atoms with Gasteiger partial charge in [-0.2, -0.15) is 0 Å². The Morgan fingerprint density at radius 1 is 1.04 bits per heavy atom. The molecule has 0 spiro atoms. The van der Waals surface area contributed by atoms with Crippen molar-refractivity contribution in [3.05, 3.63) is 65.9 Å². The third-order valence-corrected chi connectivity index (χ3v) is 4.29. The fourth-order valence-corrected chi connectivity index (χ4v) is 2.85. The van der Waals surface area contributed by atoms with Gasteiger partial charge in [0.15, 0.2) is 0 Å². The Labute approximate surface area is 160 Å². The summed E-state index contributed by atoms with van der Waals surface area (Å²) in [7, 11) is 0. The molecule has 4 nitrogen and oxygen atoms in total. The summed E-state index contributed by atoms with van der Waals surface area (Å²) < 4.78 is 5.88. The minimum atomic E-state index is -0.560. The third kappa shape index (κ3) is 5.46. The zero-order chi connectivity index (χ0) is 19.3. The third-order valence-electron chi connectivity index (χ3n) is 4.29. The molecule has 0 saturated carbocycles. The molecule has 0 amide bonds. The lowest BCUT2D eigenvalue weighted by molar-refractivity contribution is 0.0999. The molecule has 0 aliphatic heterocycles. The number of β-amino-alcohol motifs (C(OH)–C–C–N with tert-alkyl or cyclic N) is 1. The highest BCUT2D eigenvalue weighted by atomic mass is 16.5. The van der Waals surface area contributed by atoms with Crippen LogP contribution in [-0.4, -0.2) is 34.9 Å². The summed E-state index contributed by atoms with van der Waals surface area (Å²) >= 11 is 0. The summed E-state index contributed by atoms with van der Waals surface area (Å²) in [5, 5.41) is 14.6. The summed E-state index contributed by atoms with van der Waals surface area (Å²) in [6, 6.07) is 16.2. The van der Waals surface area contributed by atoms with E-state index < -0.39 is 6.10 Å². The van der Waals surface area contributed by atoms with E-state index in [4.69, 9.17) is 4.74 Å². The Hall–Kier alpha value is -2.56. The number of aliphatic hydroxyl groups excluding tert-OH is 1. The van der Waals surface area contributed by atoms with Crippen LogP contribution in [0.3, 0.4) is 0 Å². The van der Waals surface area contributed by atoms with Crippen LogP contribution in [0.5, 0.6) is 5.75 Å². The van der Waals surface area contributed by atoms with E-state index in [1.807, 2.05) is 36.5 Å². The highest BCUT2D eigenvalue weighted by Gasteiger charge is 2.13. The van der Waals surface area contributed by atoms with Gasteiger partial charge in [-0.15, -0.1) is 0 Å². The number of ether oxygens (including phenoxy) is 1. The Morgan fingerprint density at radius 3 is 2.59 bits per heavy atom. The lowest BCUT2D eigenvalue weighted by Crippen LogP contribution is -2.42. The van der Waals surface area contributed by atoms with E-state index in [-0.39, 0.29) is 12.1 Å². The quantitative estimate of drug-likeness (QED) is 0.542. The van der Waals surface area contributed by atoms with E-state index in [1.54, 1.807) is 0 Å². The van der Waals surface area contributed by atoms with Gasteiger partial charge in [-0.3, -0.25) is 0 Å². The van der Waals surface area contributed by atoms with Crippen molar-refractivity contribution in [2.45, 2.75) is 32.4 Å². The second-order valence-electron chi connectivity index (χ2n) is 7.75. The van der Waals surface area contributed by atoms with Crippen LogP contribution in [0.4, 0.5) is 0 Å². The van der Waals surface area contributed by atoms with Crippen molar-refractivity contribution in [3.63, 3.8) is 0 Å². The van der Waals surface area contributed by atoms with Crippen LogP contribution in [0.1, 0.15) is 31.9 Å². The summed E-state index contributed by atoms with van der Waals surface area (Å²) in [6.45, 7) is 6.97. The van der Waals surface area contributed by atoms with Crippen LogP contribution in [0.25, 0.3) is 23.1 Å². The van der Waals surface area contributed by atoms with Crippen molar-refractivity contribution in [2.24, 2.45) is 0 Å². The minimum Gasteiger partial charge on any atom is -0.490 e. The number of para-hydroxylation sites is 1. The number of nitrogens with one attached hydrogen (secondary N) is 2. The first-order chi connectivity index (χ1) is 12.9. The number of hydrogen-bond acceptors (Lipinski definition) is 3. The Kier molecular flexibility index (Phi) is 5.99. The van der Waals surface area contributed by atoms with E-state index in [0.717, 1.165) is 22.4 Å².